The molecule has 2 nitrogen and oxygen atoms in total. The van der Waals surface area contributed by atoms with Crippen molar-refractivity contribution < 1.29 is 8.78 Å². The van der Waals surface area contributed by atoms with Crippen LogP contribution in [0.2, 0.25) is 0 Å². The fourth-order valence-corrected chi connectivity index (χ4v) is 2.90. The average Bonchev–Trinajstić information content (AvgIpc) is 2.93. The smallest absolute Gasteiger partial charge is 0.260 e. The van der Waals surface area contributed by atoms with Crippen LogP contribution in [0.5, 0.6) is 0 Å². The zero-order valence-corrected chi connectivity index (χ0v) is 10.3. The van der Waals surface area contributed by atoms with Gasteiger partial charge in [0.2, 0.25) is 0 Å². The van der Waals surface area contributed by atoms with Crippen LogP contribution in [0.15, 0.2) is 30.3 Å². The Kier molecular flexibility index (Phi) is 3.08. The predicted molar refractivity (Wildman–Crippen MR) is 66.9 cm³/mol. The monoisotopic (exact) mass is 252 g/mol. The third kappa shape index (κ3) is 2.15. The van der Waals surface area contributed by atoms with Gasteiger partial charge in [0.1, 0.15) is 0 Å². The number of rotatable bonds is 3. The van der Waals surface area contributed by atoms with E-state index in [0.717, 1.165) is 31.7 Å². The van der Waals surface area contributed by atoms with Crippen molar-refractivity contribution in [3.05, 3.63) is 35.9 Å². The van der Waals surface area contributed by atoms with Crippen molar-refractivity contribution in [2.45, 2.75) is 11.8 Å². The second-order valence-electron chi connectivity index (χ2n) is 5.22. The van der Waals surface area contributed by atoms with Gasteiger partial charge in [-0.25, -0.2) is 8.78 Å². The summed E-state index contributed by atoms with van der Waals surface area (Å²) < 4.78 is 27.7. The van der Waals surface area contributed by atoms with E-state index in [1.807, 2.05) is 30.3 Å². The molecule has 1 N–H and O–H groups in total. The van der Waals surface area contributed by atoms with Crippen LogP contribution in [0.3, 0.4) is 0 Å². The Hall–Kier alpha value is -1.00. The molecule has 1 aromatic rings. The van der Waals surface area contributed by atoms with Gasteiger partial charge in [0.25, 0.3) is 5.92 Å². The molecule has 2 fully saturated rings. The molecule has 0 spiro atoms. The Morgan fingerprint density at radius 1 is 1.17 bits per heavy atom. The lowest BCUT2D eigenvalue weighted by molar-refractivity contribution is 0.0814. The maximum atomic E-state index is 13.9. The Bertz CT molecular complexity index is 402. The molecule has 1 heterocycles. The summed E-state index contributed by atoms with van der Waals surface area (Å²) in [5.74, 6) is -3.60. The molecule has 18 heavy (non-hydrogen) atoms. The second-order valence-corrected chi connectivity index (χ2v) is 5.22. The van der Waals surface area contributed by atoms with Crippen molar-refractivity contribution in [2.24, 2.45) is 5.92 Å². The first kappa shape index (κ1) is 12.1. The van der Waals surface area contributed by atoms with Crippen LogP contribution in [0.4, 0.5) is 8.78 Å². The van der Waals surface area contributed by atoms with Gasteiger partial charge in [0.05, 0.1) is 5.92 Å². The van der Waals surface area contributed by atoms with Crippen LogP contribution in [-0.4, -0.2) is 43.5 Å². The minimum Gasteiger partial charge on any atom is -0.314 e. The van der Waals surface area contributed by atoms with Crippen molar-refractivity contribution in [3.8, 4) is 0 Å². The number of piperazine rings is 1. The molecule has 1 aliphatic heterocycles. The van der Waals surface area contributed by atoms with E-state index in [-0.39, 0.29) is 0 Å². The van der Waals surface area contributed by atoms with Crippen molar-refractivity contribution in [2.75, 3.05) is 32.7 Å². The summed E-state index contributed by atoms with van der Waals surface area (Å²) in [6, 6.07) is 9.18. The topological polar surface area (TPSA) is 15.3 Å². The minimum absolute atomic E-state index is 0.502. The Morgan fingerprint density at radius 3 is 2.50 bits per heavy atom. The van der Waals surface area contributed by atoms with Gasteiger partial charge in [-0.15, -0.1) is 0 Å². The van der Waals surface area contributed by atoms with Gasteiger partial charge >= 0.3 is 0 Å². The molecular formula is C14H18F2N2. The van der Waals surface area contributed by atoms with Crippen molar-refractivity contribution >= 4 is 0 Å². The molecule has 0 radical (unpaired) electrons. The second kappa shape index (κ2) is 4.59. The van der Waals surface area contributed by atoms with E-state index in [2.05, 4.69) is 10.2 Å². The largest absolute Gasteiger partial charge is 0.314 e. The lowest BCUT2D eigenvalue weighted by Gasteiger charge is -2.27. The van der Waals surface area contributed by atoms with E-state index < -0.39 is 17.8 Å². The van der Waals surface area contributed by atoms with Gasteiger partial charge in [-0.05, 0) is 5.56 Å². The first-order chi connectivity index (χ1) is 8.69. The molecule has 0 amide bonds. The number of nitrogens with one attached hydrogen (secondary N) is 1. The maximum Gasteiger partial charge on any atom is 0.260 e. The molecule has 98 valence electrons. The molecule has 3 rings (SSSR count). The van der Waals surface area contributed by atoms with Crippen LogP contribution in [0.25, 0.3) is 0 Å². The number of benzene rings is 1. The summed E-state index contributed by atoms with van der Waals surface area (Å²) >= 11 is 0. The van der Waals surface area contributed by atoms with Gasteiger partial charge in [0.15, 0.2) is 0 Å². The number of halogens is 2. The normalized spacial score (nSPS) is 31.2. The zero-order chi connectivity index (χ0) is 12.6. The van der Waals surface area contributed by atoms with E-state index >= 15 is 0 Å². The predicted octanol–water partition coefficient (Wildman–Crippen LogP) is 1.94. The van der Waals surface area contributed by atoms with Crippen molar-refractivity contribution in [1.82, 2.24) is 10.2 Å². The minimum atomic E-state index is -2.52. The highest BCUT2D eigenvalue weighted by atomic mass is 19.3. The highest BCUT2D eigenvalue weighted by molar-refractivity contribution is 5.32. The van der Waals surface area contributed by atoms with E-state index in [9.17, 15) is 8.78 Å². The number of nitrogens with zero attached hydrogens (tertiary/aromatic N) is 1. The van der Waals surface area contributed by atoms with Gasteiger partial charge < -0.3 is 10.2 Å². The van der Waals surface area contributed by atoms with Gasteiger partial charge in [-0.3, -0.25) is 0 Å². The summed E-state index contributed by atoms with van der Waals surface area (Å²) in [6.45, 7) is 4.11. The summed E-state index contributed by atoms with van der Waals surface area (Å²) in [5, 5.41) is 3.24. The summed E-state index contributed by atoms with van der Waals surface area (Å²) in [6.07, 6.45) is 0. The first-order valence-corrected chi connectivity index (χ1v) is 6.55. The summed E-state index contributed by atoms with van der Waals surface area (Å²) in [7, 11) is 0. The van der Waals surface area contributed by atoms with E-state index in [4.69, 9.17) is 0 Å². The maximum absolute atomic E-state index is 13.9. The fourth-order valence-electron chi connectivity index (χ4n) is 2.90. The molecule has 2 atom stereocenters. The lowest BCUT2D eigenvalue weighted by Crippen LogP contribution is -2.44. The quantitative estimate of drug-likeness (QED) is 0.884. The highest BCUT2D eigenvalue weighted by Gasteiger charge is 2.68. The molecule has 0 bridgehead atoms. The lowest BCUT2D eigenvalue weighted by atomic mass is 10.1. The highest BCUT2D eigenvalue weighted by Crippen LogP contribution is 2.61. The molecule has 0 aromatic heterocycles. The molecular weight excluding hydrogens is 234 g/mol. The fraction of sp³-hybridized carbons (Fsp3) is 0.571. The SMILES string of the molecule is FC1(F)C(CN2CCNCC2)C1c1ccccc1. The van der Waals surface area contributed by atoms with Gasteiger partial charge in [0, 0.05) is 38.6 Å². The van der Waals surface area contributed by atoms with E-state index in [0.29, 0.717) is 6.54 Å². The number of alkyl halides is 2. The molecule has 1 aliphatic carbocycles. The molecule has 2 unspecified atom stereocenters. The molecule has 4 heteroatoms. The van der Waals surface area contributed by atoms with Crippen LogP contribution in [-0.2, 0) is 0 Å². The number of hydrogen-bond acceptors (Lipinski definition) is 2. The van der Waals surface area contributed by atoms with Crippen molar-refractivity contribution in [1.29, 1.82) is 0 Å². The molecule has 1 saturated carbocycles. The summed E-state index contributed by atoms with van der Waals surface area (Å²) in [4.78, 5) is 2.15. The van der Waals surface area contributed by atoms with Crippen LogP contribution >= 0.6 is 0 Å². The molecule has 1 aromatic carbocycles. The Labute approximate surface area is 106 Å². The third-order valence-electron chi connectivity index (χ3n) is 4.03. The van der Waals surface area contributed by atoms with Crippen LogP contribution in [0, 0.1) is 5.92 Å². The molecule has 2 aliphatic rings. The first-order valence-electron chi connectivity index (χ1n) is 6.55. The third-order valence-corrected chi connectivity index (χ3v) is 4.03. The van der Waals surface area contributed by atoms with Crippen LogP contribution < -0.4 is 5.32 Å². The Balaban J connectivity index is 1.66. The van der Waals surface area contributed by atoms with Crippen LogP contribution in [0.1, 0.15) is 11.5 Å². The zero-order valence-electron chi connectivity index (χ0n) is 10.3. The van der Waals surface area contributed by atoms with Gasteiger partial charge in [-0.1, -0.05) is 30.3 Å². The standard InChI is InChI=1S/C14H18F2N2/c15-14(16)12(10-18-8-6-17-7-9-18)13(14)11-4-2-1-3-5-11/h1-5,12-13,17H,6-10H2. The van der Waals surface area contributed by atoms with Crippen molar-refractivity contribution in [3.63, 3.8) is 0 Å². The Morgan fingerprint density at radius 2 is 1.83 bits per heavy atom. The van der Waals surface area contributed by atoms with Gasteiger partial charge in [-0.2, -0.15) is 0 Å². The van der Waals surface area contributed by atoms with E-state index in [1.165, 1.54) is 0 Å². The average molecular weight is 252 g/mol. The summed E-state index contributed by atoms with van der Waals surface area (Å²) in [5.41, 5.74) is 0.780. The van der Waals surface area contributed by atoms with E-state index in [1.54, 1.807) is 0 Å². The number of hydrogen-bond donors (Lipinski definition) is 1. The molecule has 1 saturated heterocycles.